The van der Waals surface area contributed by atoms with E-state index in [-0.39, 0.29) is 5.56 Å². The molecule has 0 saturated heterocycles. The van der Waals surface area contributed by atoms with Crippen LogP contribution in [0.3, 0.4) is 0 Å². The highest BCUT2D eigenvalue weighted by atomic mass is 16.1. The third kappa shape index (κ3) is 2.26. The van der Waals surface area contributed by atoms with Gasteiger partial charge in [-0.05, 0) is 12.1 Å². The van der Waals surface area contributed by atoms with Gasteiger partial charge in [0.25, 0.3) is 5.56 Å². The maximum absolute atomic E-state index is 11.7. The Balaban J connectivity index is 2.38. The Hall–Kier alpha value is -1.72. The molecule has 0 amide bonds. The Morgan fingerprint density at radius 2 is 2.12 bits per heavy atom. The second kappa shape index (κ2) is 4.42. The van der Waals surface area contributed by atoms with E-state index in [0.29, 0.717) is 17.8 Å². The lowest BCUT2D eigenvalue weighted by atomic mass is 10.2. The van der Waals surface area contributed by atoms with Gasteiger partial charge >= 0.3 is 0 Å². The second-order valence-corrected chi connectivity index (χ2v) is 3.76. The summed E-state index contributed by atoms with van der Waals surface area (Å²) in [6.07, 6.45) is 0. The Labute approximate surface area is 93.1 Å². The van der Waals surface area contributed by atoms with E-state index in [2.05, 4.69) is 15.4 Å². The minimum atomic E-state index is -0.0962. The second-order valence-electron chi connectivity index (χ2n) is 3.76. The first-order chi connectivity index (χ1) is 7.66. The Kier molecular flexibility index (Phi) is 2.98. The zero-order chi connectivity index (χ0) is 11.5. The van der Waals surface area contributed by atoms with Crippen molar-refractivity contribution >= 4 is 10.9 Å². The van der Waals surface area contributed by atoms with Crippen LogP contribution in [0.2, 0.25) is 0 Å². The molecule has 0 aliphatic rings. The van der Waals surface area contributed by atoms with Gasteiger partial charge in [-0.3, -0.25) is 9.80 Å². The van der Waals surface area contributed by atoms with E-state index in [1.54, 1.807) is 6.07 Å². The normalized spacial score (nSPS) is 11.2. The third-order valence-corrected chi connectivity index (χ3v) is 2.22. The number of benzene rings is 1. The van der Waals surface area contributed by atoms with Crippen molar-refractivity contribution in [3.8, 4) is 0 Å². The number of para-hydroxylation sites is 1. The molecule has 5 nitrogen and oxygen atoms in total. The molecule has 84 valence electrons. The summed E-state index contributed by atoms with van der Waals surface area (Å²) in [6.45, 7) is 0.507. The van der Waals surface area contributed by atoms with Gasteiger partial charge in [0.2, 0.25) is 0 Å². The average molecular weight is 218 g/mol. The van der Waals surface area contributed by atoms with E-state index in [0.717, 1.165) is 5.52 Å². The summed E-state index contributed by atoms with van der Waals surface area (Å²) in [4.78, 5) is 18.8. The fraction of sp³-hybridized carbons (Fsp3) is 0.273. The molecular formula is C11H14N4O. The van der Waals surface area contributed by atoms with E-state index >= 15 is 0 Å². The highest BCUT2D eigenvalue weighted by molar-refractivity contribution is 5.77. The van der Waals surface area contributed by atoms with Crippen molar-refractivity contribution in [2.24, 2.45) is 0 Å². The number of rotatable bonds is 3. The summed E-state index contributed by atoms with van der Waals surface area (Å²) in [5.41, 5.74) is 3.68. The van der Waals surface area contributed by atoms with Crippen LogP contribution in [0.15, 0.2) is 29.1 Å². The predicted octanol–water partition coefficient (Wildman–Crippen LogP) is 0.489. The predicted molar refractivity (Wildman–Crippen MR) is 62.9 cm³/mol. The molecule has 1 heterocycles. The van der Waals surface area contributed by atoms with Gasteiger partial charge in [-0.2, -0.15) is 0 Å². The van der Waals surface area contributed by atoms with Crippen LogP contribution in [0.4, 0.5) is 0 Å². The summed E-state index contributed by atoms with van der Waals surface area (Å²) in [5, 5.41) is 2.44. The smallest absolute Gasteiger partial charge is 0.258 e. The summed E-state index contributed by atoms with van der Waals surface area (Å²) in [5.74, 6) is 0.636. The topological polar surface area (TPSA) is 61.0 Å². The molecule has 2 rings (SSSR count). The van der Waals surface area contributed by atoms with Gasteiger partial charge in [-0.1, -0.05) is 12.1 Å². The first kappa shape index (κ1) is 10.8. The minimum Gasteiger partial charge on any atom is -0.309 e. The number of hydrazine groups is 1. The van der Waals surface area contributed by atoms with E-state index in [1.165, 1.54) is 0 Å². The number of aromatic nitrogens is 2. The molecule has 2 N–H and O–H groups in total. The lowest BCUT2D eigenvalue weighted by Crippen LogP contribution is -2.31. The fourth-order valence-corrected chi connectivity index (χ4v) is 1.45. The van der Waals surface area contributed by atoms with Crippen molar-refractivity contribution in [1.82, 2.24) is 20.4 Å². The van der Waals surface area contributed by atoms with Crippen molar-refractivity contribution in [3.63, 3.8) is 0 Å². The quantitative estimate of drug-likeness (QED) is 0.736. The lowest BCUT2D eigenvalue weighted by Gasteiger charge is -2.11. The van der Waals surface area contributed by atoms with E-state index in [4.69, 9.17) is 0 Å². The van der Waals surface area contributed by atoms with Crippen LogP contribution in [0.1, 0.15) is 5.82 Å². The molecule has 0 radical (unpaired) electrons. The summed E-state index contributed by atoms with van der Waals surface area (Å²) in [7, 11) is 3.78. The number of nitrogens with zero attached hydrogens (tertiary/aromatic N) is 2. The van der Waals surface area contributed by atoms with Gasteiger partial charge < -0.3 is 4.98 Å². The van der Waals surface area contributed by atoms with E-state index in [9.17, 15) is 4.79 Å². The molecule has 1 aromatic heterocycles. The number of H-pyrrole nitrogens is 1. The van der Waals surface area contributed by atoms with Crippen LogP contribution in [-0.4, -0.2) is 29.1 Å². The Morgan fingerprint density at radius 3 is 2.88 bits per heavy atom. The van der Waals surface area contributed by atoms with E-state index < -0.39 is 0 Å². The Bertz CT molecular complexity index is 547. The van der Waals surface area contributed by atoms with Crippen molar-refractivity contribution in [2.75, 3.05) is 14.1 Å². The van der Waals surface area contributed by atoms with Crippen molar-refractivity contribution < 1.29 is 0 Å². The zero-order valence-corrected chi connectivity index (χ0v) is 9.32. The monoisotopic (exact) mass is 218 g/mol. The van der Waals surface area contributed by atoms with Crippen LogP contribution in [-0.2, 0) is 6.54 Å². The van der Waals surface area contributed by atoms with Crippen LogP contribution >= 0.6 is 0 Å². The molecule has 0 aliphatic carbocycles. The largest absolute Gasteiger partial charge is 0.309 e. The first-order valence-corrected chi connectivity index (χ1v) is 5.05. The fourth-order valence-electron chi connectivity index (χ4n) is 1.45. The molecule has 0 spiro atoms. The third-order valence-electron chi connectivity index (χ3n) is 2.22. The standard InChI is InChI=1S/C11H14N4O/c1-15(2)12-7-10-13-9-6-4-3-5-8(9)11(16)14-10/h3-6,12H,7H2,1-2H3,(H,13,14,16). The molecule has 2 aromatic rings. The van der Waals surface area contributed by atoms with Gasteiger partial charge in [-0.15, -0.1) is 0 Å². The minimum absolute atomic E-state index is 0.0962. The first-order valence-electron chi connectivity index (χ1n) is 5.05. The SMILES string of the molecule is CN(C)NCc1nc2ccccc2c(=O)[nH]1. The number of hydrogen-bond donors (Lipinski definition) is 2. The van der Waals surface area contributed by atoms with Crippen molar-refractivity contribution in [3.05, 3.63) is 40.4 Å². The molecule has 0 fully saturated rings. The maximum atomic E-state index is 11.7. The number of hydrogen-bond acceptors (Lipinski definition) is 4. The van der Waals surface area contributed by atoms with Gasteiger partial charge in [0, 0.05) is 14.1 Å². The molecule has 0 atom stereocenters. The summed E-state index contributed by atoms with van der Waals surface area (Å²) >= 11 is 0. The number of aromatic amines is 1. The maximum Gasteiger partial charge on any atom is 0.258 e. The highest BCUT2D eigenvalue weighted by Crippen LogP contribution is 2.05. The molecule has 1 aromatic carbocycles. The lowest BCUT2D eigenvalue weighted by molar-refractivity contribution is 0.282. The molecule has 16 heavy (non-hydrogen) atoms. The summed E-state index contributed by atoms with van der Waals surface area (Å²) < 4.78 is 0. The molecule has 0 bridgehead atoms. The van der Waals surface area contributed by atoms with Gasteiger partial charge in [-0.25, -0.2) is 10.4 Å². The molecular weight excluding hydrogens is 204 g/mol. The molecule has 0 unspecified atom stereocenters. The zero-order valence-electron chi connectivity index (χ0n) is 9.32. The van der Waals surface area contributed by atoms with Gasteiger partial charge in [0.1, 0.15) is 5.82 Å². The van der Waals surface area contributed by atoms with Crippen molar-refractivity contribution in [1.29, 1.82) is 0 Å². The molecule has 0 aliphatic heterocycles. The van der Waals surface area contributed by atoms with Gasteiger partial charge in [0.15, 0.2) is 0 Å². The number of fused-ring (bicyclic) bond motifs is 1. The number of nitrogens with one attached hydrogen (secondary N) is 2. The molecule has 0 saturated carbocycles. The van der Waals surface area contributed by atoms with Crippen LogP contribution in [0, 0.1) is 0 Å². The molecule has 5 heteroatoms. The van der Waals surface area contributed by atoms with Crippen LogP contribution < -0.4 is 11.0 Å². The van der Waals surface area contributed by atoms with Gasteiger partial charge in [0.05, 0.1) is 17.4 Å². The Morgan fingerprint density at radius 1 is 1.38 bits per heavy atom. The van der Waals surface area contributed by atoms with E-state index in [1.807, 2.05) is 37.3 Å². The van der Waals surface area contributed by atoms with Crippen LogP contribution in [0.5, 0.6) is 0 Å². The summed E-state index contributed by atoms with van der Waals surface area (Å²) in [6, 6.07) is 7.31. The highest BCUT2D eigenvalue weighted by Gasteiger charge is 2.02. The van der Waals surface area contributed by atoms with Crippen LogP contribution in [0.25, 0.3) is 10.9 Å². The van der Waals surface area contributed by atoms with Crippen molar-refractivity contribution in [2.45, 2.75) is 6.54 Å². The average Bonchev–Trinajstić information content (AvgIpc) is 2.26.